The summed E-state index contributed by atoms with van der Waals surface area (Å²) < 4.78 is 13.8. The van der Waals surface area contributed by atoms with Gasteiger partial charge in [0.25, 0.3) is 5.69 Å². The predicted octanol–water partition coefficient (Wildman–Crippen LogP) is 2.03. The van der Waals surface area contributed by atoms with Crippen LogP contribution in [0.1, 0.15) is 12.8 Å². The van der Waals surface area contributed by atoms with Gasteiger partial charge in [-0.05, 0) is 18.9 Å². The first-order chi connectivity index (χ1) is 8.99. The lowest BCUT2D eigenvalue weighted by atomic mass is 9.98. The number of carboxylic acid groups (broad SMARTS) is 1. The van der Waals surface area contributed by atoms with Gasteiger partial charge in [0.05, 0.1) is 22.6 Å². The molecule has 1 saturated heterocycles. The Morgan fingerprint density at radius 2 is 2.26 bits per heavy atom. The third-order valence-electron chi connectivity index (χ3n) is 3.25. The van der Waals surface area contributed by atoms with Gasteiger partial charge in [0.1, 0.15) is 0 Å². The molecule has 1 aromatic rings. The second kappa shape index (κ2) is 5.21. The van der Waals surface area contributed by atoms with Crippen molar-refractivity contribution in [1.82, 2.24) is 0 Å². The molecule has 0 bridgehead atoms. The number of piperidine rings is 1. The van der Waals surface area contributed by atoms with E-state index in [2.05, 4.69) is 0 Å². The molecule has 0 unspecified atom stereocenters. The van der Waals surface area contributed by atoms with Gasteiger partial charge in [-0.25, -0.2) is 4.39 Å². The first-order valence-electron chi connectivity index (χ1n) is 5.90. The van der Waals surface area contributed by atoms with E-state index in [1.54, 1.807) is 4.90 Å². The molecule has 102 valence electrons. The van der Waals surface area contributed by atoms with Crippen molar-refractivity contribution in [1.29, 1.82) is 0 Å². The molecule has 1 aliphatic rings. The highest BCUT2D eigenvalue weighted by atomic mass is 19.1. The van der Waals surface area contributed by atoms with E-state index in [1.165, 1.54) is 12.1 Å². The normalized spacial score (nSPS) is 19.2. The zero-order valence-corrected chi connectivity index (χ0v) is 10.1. The molecule has 1 N–H and O–H groups in total. The Labute approximate surface area is 108 Å². The quantitative estimate of drug-likeness (QED) is 0.669. The molecular formula is C12H13FN2O4. The van der Waals surface area contributed by atoms with Crippen LogP contribution >= 0.6 is 0 Å². The lowest BCUT2D eigenvalue weighted by Gasteiger charge is -2.32. The van der Waals surface area contributed by atoms with Crippen LogP contribution < -0.4 is 4.90 Å². The summed E-state index contributed by atoms with van der Waals surface area (Å²) in [5.74, 6) is -2.12. The fourth-order valence-electron chi connectivity index (χ4n) is 2.26. The lowest BCUT2D eigenvalue weighted by Crippen LogP contribution is -2.39. The van der Waals surface area contributed by atoms with Gasteiger partial charge in [0.15, 0.2) is 5.82 Å². The summed E-state index contributed by atoms with van der Waals surface area (Å²) in [6, 6.07) is 3.42. The zero-order valence-electron chi connectivity index (χ0n) is 10.1. The largest absolute Gasteiger partial charge is 0.481 e. The molecule has 19 heavy (non-hydrogen) atoms. The molecule has 0 radical (unpaired) electrons. The van der Waals surface area contributed by atoms with Crippen molar-refractivity contribution < 1.29 is 19.2 Å². The van der Waals surface area contributed by atoms with Crippen molar-refractivity contribution in [2.45, 2.75) is 12.8 Å². The van der Waals surface area contributed by atoms with Crippen molar-refractivity contribution in [3.8, 4) is 0 Å². The highest BCUT2D eigenvalue weighted by Gasteiger charge is 2.27. The number of non-ortho nitro benzene ring substituents is 1. The van der Waals surface area contributed by atoms with Gasteiger partial charge in [0, 0.05) is 19.2 Å². The maximum atomic E-state index is 13.8. The number of anilines is 1. The van der Waals surface area contributed by atoms with Crippen LogP contribution in [0.5, 0.6) is 0 Å². The third kappa shape index (κ3) is 2.81. The van der Waals surface area contributed by atoms with Crippen LogP contribution in [0.3, 0.4) is 0 Å². The number of aliphatic carboxylic acids is 1. The van der Waals surface area contributed by atoms with Gasteiger partial charge in [0.2, 0.25) is 0 Å². The Balaban J connectivity index is 2.22. The SMILES string of the molecule is O=C(O)[C@H]1CCCN(c2ccc([N+](=O)[O-])cc2F)C1. The van der Waals surface area contributed by atoms with E-state index in [-0.39, 0.29) is 17.9 Å². The lowest BCUT2D eigenvalue weighted by molar-refractivity contribution is -0.385. The summed E-state index contributed by atoms with van der Waals surface area (Å²) in [5.41, 5.74) is -0.0930. The summed E-state index contributed by atoms with van der Waals surface area (Å²) in [7, 11) is 0. The van der Waals surface area contributed by atoms with Crippen LogP contribution in [0, 0.1) is 21.8 Å². The maximum absolute atomic E-state index is 13.8. The van der Waals surface area contributed by atoms with Crippen LogP contribution in [0.25, 0.3) is 0 Å². The average molecular weight is 268 g/mol. The summed E-state index contributed by atoms with van der Waals surface area (Å²) >= 11 is 0. The number of hydrogen-bond donors (Lipinski definition) is 1. The first kappa shape index (κ1) is 13.3. The van der Waals surface area contributed by atoms with E-state index in [1.807, 2.05) is 0 Å². The number of halogens is 1. The fraction of sp³-hybridized carbons (Fsp3) is 0.417. The molecular weight excluding hydrogens is 255 g/mol. The number of carboxylic acids is 1. The van der Waals surface area contributed by atoms with Crippen molar-refractivity contribution in [2.24, 2.45) is 5.92 Å². The number of nitro benzene ring substituents is 1. The van der Waals surface area contributed by atoms with E-state index in [0.717, 1.165) is 6.07 Å². The Kier molecular flexibility index (Phi) is 3.64. The van der Waals surface area contributed by atoms with Gasteiger partial charge in [-0.2, -0.15) is 0 Å². The van der Waals surface area contributed by atoms with Gasteiger partial charge in [-0.1, -0.05) is 0 Å². The molecule has 1 atom stereocenters. The van der Waals surface area contributed by atoms with Crippen LogP contribution in [-0.4, -0.2) is 29.1 Å². The monoisotopic (exact) mass is 268 g/mol. The minimum absolute atomic E-state index is 0.219. The number of nitrogens with zero attached hydrogens (tertiary/aromatic N) is 2. The summed E-state index contributed by atoms with van der Waals surface area (Å²) in [4.78, 5) is 22.4. The minimum atomic E-state index is -0.896. The smallest absolute Gasteiger partial charge is 0.308 e. The maximum Gasteiger partial charge on any atom is 0.308 e. The molecule has 0 aliphatic carbocycles. The number of rotatable bonds is 3. The molecule has 7 heteroatoms. The summed E-state index contributed by atoms with van der Waals surface area (Å²) in [5, 5.41) is 19.5. The molecule has 6 nitrogen and oxygen atoms in total. The molecule has 1 aromatic carbocycles. The standard InChI is InChI=1S/C12H13FN2O4/c13-10-6-9(15(18)19)3-4-11(10)14-5-1-2-8(7-14)12(16)17/h3-4,6,8H,1-2,5,7H2,(H,16,17)/t8-/m0/s1. The molecule has 0 saturated carbocycles. The fourth-order valence-corrected chi connectivity index (χ4v) is 2.26. The van der Waals surface area contributed by atoms with Crippen LogP contribution in [0.2, 0.25) is 0 Å². The topological polar surface area (TPSA) is 83.7 Å². The van der Waals surface area contributed by atoms with E-state index in [0.29, 0.717) is 19.4 Å². The van der Waals surface area contributed by atoms with Crippen LogP contribution in [0.4, 0.5) is 15.8 Å². The number of nitro groups is 1. The summed E-state index contributed by atoms with van der Waals surface area (Å²) in [6.45, 7) is 0.780. The van der Waals surface area contributed by atoms with E-state index < -0.39 is 22.6 Å². The van der Waals surface area contributed by atoms with Gasteiger partial charge >= 0.3 is 5.97 Å². The highest BCUT2D eigenvalue weighted by molar-refractivity contribution is 5.71. The minimum Gasteiger partial charge on any atom is -0.481 e. The average Bonchev–Trinajstić information content (AvgIpc) is 2.38. The Morgan fingerprint density at radius 3 is 2.84 bits per heavy atom. The zero-order chi connectivity index (χ0) is 14.0. The molecule has 1 aliphatic heterocycles. The Hall–Kier alpha value is -2.18. The Morgan fingerprint density at radius 1 is 1.53 bits per heavy atom. The van der Waals surface area contributed by atoms with Crippen LogP contribution in [-0.2, 0) is 4.79 Å². The molecule has 1 fully saturated rings. The summed E-state index contributed by atoms with van der Waals surface area (Å²) in [6.07, 6.45) is 1.23. The highest BCUT2D eigenvalue weighted by Crippen LogP contribution is 2.28. The predicted molar refractivity (Wildman–Crippen MR) is 65.6 cm³/mol. The van der Waals surface area contributed by atoms with Crippen molar-refractivity contribution in [2.75, 3.05) is 18.0 Å². The number of benzene rings is 1. The second-order valence-electron chi connectivity index (χ2n) is 4.52. The van der Waals surface area contributed by atoms with E-state index in [9.17, 15) is 19.3 Å². The second-order valence-corrected chi connectivity index (χ2v) is 4.52. The molecule has 1 heterocycles. The molecule has 0 aromatic heterocycles. The molecule has 0 amide bonds. The van der Waals surface area contributed by atoms with Gasteiger partial charge in [-0.15, -0.1) is 0 Å². The van der Waals surface area contributed by atoms with E-state index >= 15 is 0 Å². The van der Waals surface area contributed by atoms with Crippen molar-refractivity contribution >= 4 is 17.3 Å². The van der Waals surface area contributed by atoms with Crippen molar-refractivity contribution in [3.63, 3.8) is 0 Å². The number of carbonyl (C=O) groups is 1. The van der Waals surface area contributed by atoms with Gasteiger partial charge < -0.3 is 10.0 Å². The van der Waals surface area contributed by atoms with Crippen LogP contribution in [0.15, 0.2) is 18.2 Å². The molecule has 0 spiro atoms. The number of hydrogen-bond acceptors (Lipinski definition) is 4. The van der Waals surface area contributed by atoms with Gasteiger partial charge in [-0.3, -0.25) is 14.9 Å². The van der Waals surface area contributed by atoms with Crippen molar-refractivity contribution in [3.05, 3.63) is 34.1 Å². The first-order valence-corrected chi connectivity index (χ1v) is 5.90. The molecule has 2 rings (SSSR count). The van der Waals surface area contributed by atoms with E-state index in [4.69, 9.17) is 5.11 Å². The Bertz CT molecular complexity index is 520. The third-order valence-corrected chi connectivity index (χ3v) is 3.25.